The number of carbonyl (C=O) groups is 3. The molecule has 6 nitrogen and oxygen atoms in total. The predicted molar refractivity (Wildman–Crippen MR) is 87.8 cm³/mol. The van der Waals surface area contributed by atoms with Gasteiger partial charge in [0.1, 0.15) is 5.82 Å². The van der Waals surface area contributed by atoms with Crippen LogP contribution in [0.1, 0.15) is 29.6 Å². The molecule has 1 aromatic carbocycles. The minimum Gasteiger partial charge on any atom is -0.481 e. The summed E-state index contributed by atoms with van der Waals surface area (Å²) in [6.07, 6.45) is 0.785. The summed E-state index contributed by atoms with van der Waals surface area (Å²) in [4.78, 5) is 39.3. The first-order chi connectivity index (χ1) is 11.8. The van der Waals surface area contributed by atoms with Crippen LogP contribution in [0.15, 0.2) is 18.2 Å². The van der Waals surface area contributed by atoms with Crippen molar-refractivity contribution in [3.63, 3.8) is 0 Å². The lowest BCUT2D eigenvalue weighted by molar-refractivity contribution is -0.145. The zero-order valence-corrected chi connectivity index (χ0v) is 14.4. The summed E-state index contributed by atoms with van der Waals surface area (Å²) in [5, 5.41) is 9.35. The van der Waals surface area contributed by atoms with Crippen LogP contribution >= 0.6 is 11.6 Å². The van der Waals surface area contributed by atoms with Crippen molar-refractivity contribution in [1.29, 1.82) is 0 Å². The number of halogens is 2. The van der Waals surface area contributed by atoms with Gasteiger partial charge in [-0.3, -0.25) is 14.4 Å². The average Bonchev–Trinajstić information content (AvgIpc) is 2.83. The molecule has 134 valence electrons. The Labute approximate surface area is 149 Å². The minimum absolute atomic E-state index is 0.00660. The lowest BCUT2D eigenvalue weighted by atomic mass is 9.77. The second-order valence-corrected chi connectivity index (χ2v) is 6.98. The third-order valence-corrected chi connectivity index (χ3v) is 5.74. The first-order valence-electron chi connectivity index (χ1n) is 8.00. The van der Waals surface area contributed by atoms with E-state index in [-0.39, 0.29) is 28.8 Å². The Morgan fingerprint density at radius 2 is 1.96 bits per heavy atom. The van der Waals surface area contributed by atoms with E-state index in [9.17, 15) is 23.9 Å². The van der Waals surface area contributed by atoms with Crippen molar-refractivity contribution in [2.75, 3.05) is 20.1 Å². The Morgan fingerprint density at radius 1 is 1.32 bits per heavy atom. The average molecular weight is 369 g/mol. The highest BCUT2D eigenvalue weighted by Crippen LogP contribution is 2.43. The highest BCUT2D eigenvalue weighted by molar-refractivity contribution is 6.31. The highest BCUT2D eigenvalue weighted by Gasteiger charge is 2.55. The number of likely N-dealkylation sites (tertiary alicyclic amines) is 2. The van der Waals surface area contributed by atoms with Gasteiger partial charge < -0.3 is 14.9 Å². The number of aliphatic carboxylic acids is 1. The van der Waals surface area contributed by atoms with Gasteiger partial charge in [0.15, 0.2) is 0 Å². The molecule has 1 unspecified atom stereocenters. The van der Waals surface area contributed by atoms with E-state index < -0.39 is 23.2 Å². The maximum Gasteiger partial charge on any atom is 0.309 e. The van der Waals surface area contributed by atoms with Gasteiger partial charge in [-0.2, -0.15) is 0 Å². The van der Waals surface area contributed by atoms with Gasteiger partial charge in [-0.25, -0.2) is 4.39 Å². The van der Waals surface area contributed by atoms with Crippen LogP contribution in [0.25, 0.3) is 0 Å². The van der Waals surface area contributed by atoms with Crippen LogP contribution in [0.2, 0.25) is 5.02 Å². The number of hydrogen-bond donors (Lipinski definition) is 1. The topological polar surface area (TPSA) is 77.9 Å². The fraction of sp³-hybridized carbons (Fsp3) is 0.471. The van der Waals surface area contributed by atoms with Crippen LogP contribution in [0, 0.1) is 11.7 Å². The van der Waals surface area contributed by atoms with Gasteiger partial charge in [0, 0.05) is 32.1 Å². The molecule has 2 saturated heterocycles. The van der Waals surface area contributed by atoms with Crippen molar-refractivity contribution in [2.45, 2.75) is 24.8 Å². The molecule has 1 aromatic rings. The second kappa shape index (κ2) is 6.29. The molecule has 1 atom stereocenters. The molecule has 0 aliphatic carbocycles. The molecule has 3 rings (SSSR count). The van der Waals surface area contributed by atoms with Crippen molar-refractivity contribution in [1.82, 2.24) is 9.80 Å². The van der Waals surface area contributed by atoms with Crippen molar-refractivity contribution >= 4 is 29.4 Å². The van der Waals surface area contributed by atoms with Gasteiger partial charge in [-0.15, -0.1) is 0 Å². The van der Waals surface area contributed by atoms with E-state index in [2.05, 4.69) is 0 Å². The van der Waals surface area contributed by atoms with Crippen molar-refractivity contribution < 1.29 is 23.9 Å². The summed E-state index contributed by atoms with van der Waals surface area (Å²) >= 11 is 5.73. The van der Waals surface area contributed by atoms with E-state index in [0.717, 1.165) is 6.07 Å². The van der Waals surface area contributed by atoms with Crippen molar-refractivity contribution in [3.8, 4) is 0 Å². The zero-order valence-electron chi connectivity index (χ0n) is 13.7. The number of carbonyl (C=O) groups excluding carboxylic acids is 2. The van der Waals surface area contributed by atoms with Gasteiger partial charge in [-0.05, 0) is 31.0 Å². The molecule has 0 radical (unpaired) electrons. The second-order valence-electron chi connectivity index (χ2n) is 6.57. The standard InChI is InChI=1S/C17H18ClFN2O4/c1-20-14(22)9-11(16(24)25)17(20)4-6-21(7-5-17)15(23)10-2-3-13(19)12(18)8-10/h2-3,8,11H,4-7,9H2,1H3,(H,24,25). The molecule has 2 aliphatic rings. The van der Waals surface area contributed by atoms with E-state index in [0.29, 0.717) is 25.9 Å². The largest absolute Gasteiger partial charge is 0.481 e. The molecule has 0 aromatic heterocycles. The molecule has 1 N–H and O–H groups in total. The number of amides is 2. The van der Waals surface area contributed by atoms with Gasteiger partial charge in [0.05, 0.1) is 16.5 Å². The summed E-state index contributed by atoms with van der Waals surface area (Å²) in [6.45, 7) is 0.657. The number of nitrogens with zero attached hydrogens (tertiary/aromatic N) is 2. The SMILES string of the molecule is CN1C(=O)CC(C(=O)O)C12CCN(C(=O)c1ccc(F)c(Cl)c1)CC2. The summed E-state index contributed by atoms with van der Waals surface area (Å²) in [5.74, 6) is -2.80. The van der Waals surface area contributed by atoms with Crippen molar-refractivity contribution in [3.05, 3.63) is 34.6 Å². The van der Waals surface area contributed by atoms with E-state index in [1.165, 1.54) is 17.0 Å². The molecular formula is C17H18ClFN2O4. The number of carboxylic acids is 1. The van der Waals surface area contributed by atoms with Crippen LogP contribution in [0.3, 0.4) is 0 Å². The lowest BCUT2D eigenvalue weighted by Gasteiger charge is -2.45. The van der Waals surface area contributed by atoms with Crippen LogP contribution in [-0.4, -0.2) is 58.4 Å². The molecule has 2 amide bonds. The van der Waals surface area contributed by atoms with Crippen LogP contribution < -0.4 is 0 Å². The van der Waals surface area contributed by atoms with Gasteiger partial charge in [0.2, 0.25) is 5.91 Å². The smallest absolute Gasteiger partial charge is 0.309 e. The van der Waals surface area contributed by atoms with Crippen LogP contribution in [0.5, 0.6) is 0 Å². The number of piperidine rings is 1. The quantitative estimate of drug-likeness (QED) is 0.866. The molecule has 1 spiro atoms. The number of rotatable bonds is 2. The Bertz CT molecular complexity index is 746. The molecule has 2 heterocycles. The van der Waals surface area contributed by atoms with E-state index in [1.54, 1.807) is 11.9 Å². The molecule has 0 bridgehead atoms. The Balaban J connectivity index is 1.76. The number of benzene rings is 1. The highest BCUT2D eigenvalue weighted by atomic mass is 35.5. The summed E-state index contributed by atoms with van der Waals surface area (Å²) in [7, 11) is 1.63. The molecule has 8 heteroatoms. The first-order valence-corrected chi connectivity index (χ1v) is 8.38. The van der Waals surface area contributed by atoms with Crippen LogP contribution in [-0.2, 0) is 9.59 Å². The lowest BCUT2D eigenvalue weighted by Crippen LogP contribution is -2.56. The van der Waals surface area contributed by atoms with Crippen molar-refractivity contribution in [2.24, 2.45) is 5.92 Å². The maximum absolute atomic E-state index is 13.3. The Kier molecular flexibility index (Phi) is 4.45. The predicted octanol–water partition coefficient (Wildman–Crippen LogP) is 2.02. The van der Waals surface area contributed by atoms with Gasteiger partial charge in [-0.1, -0.05) is 11.6 Å². The summed E-state index contributed by atoms with van der Waals surface area (Å²) in [5.41, 5.74) is -0.465. The van der Waals surface area contributed by atoms with E-state index in [4.69, 9.17) is 11.6 Å². The summed E-state index contributed by atoms with van der Waals surface area (Å²) in [6, 6.07) is 3.80. The minimum atomic E-state index is -0.984. The zero-order chi connectivity index (χ0) is 18.4. The van der Waals surface area contributed by atoms with E-state index in [1.807, 2.05) is 0 Å². The molecule has 2 fully saturated rings. The van der Waals surface area contributed by atoms with Gasteiger partial charge in [0.25, 0.3) is 5.91 Å². The Hall–Kier alpha value is -2.15. The molecular weight excluding hydrogens is 351 g/mol. The maximum atomic E-state index is 13.3. The number of carboxylic acid groups (broad SMARTS) is 1. The molecule has 25 heavy (non-hydrogen) atoms. The normalized spacial score (nSPS) is 22.5. The fourth-order valence-corrected chi connectivity index (χ4v) is 4.07. The summed E-state index contributed by atoms with van der Waals surface area (Å²) < 4.78 is 13.3. The number of hydrogen-bond acceptors (Lipinski definition) is 3. The third kappa shape index (κ3) is 2.86. The molecule has 0 saturated carbocycles. The Morgan fingerprint density at radius 3 is 2.52 bits per heavy atom. The first kappa shape index (κ1) is 17.7. The van der Waals surface area contributed by atoms with Gasteiger partial charge >= 0.3 is 5.97 Å². The third-order valence-electron chi connectivity index (χ3n) is 5.45. The van der Waals surface area contributed by atoms with Crippen LogP contribution in [0.4, 0.5) is 4.39 Å². The molecule has 2 aliphatic heterocycles. The van der Waals surface area contributed by atoms with E-state index >= 15 is 0 Å². The fourth-order valence-electron chi connectivity index (χ4n) is 3.89. The monoisotopic (exact) mass is 368 g/mol.